The van der Waals surface area contributed by atoms with Crippen molar-refractivity contribution in [2.45, 2.75) is 32.2 Å². The van der Waals surface area contributed by atoms with E-state index in [-0.39, 0.29) is 29.5 Å². The van der Waals surface area contributed by atoms with Crippen molar-refractivity contribution in [3.8, 4) is 0 Å². The molecule has 0 spiro atoms. The van der Waals surface area contributed by atoms with Gasteiger partial charge in [0.2, 0.25) is 5.91 Å². The Balaban J connectivity index is 1.84. The third-order valence-corrected chi connectivity index (χ3v) is 5.05. The van der Waals surface area contributed by atoms with Crippen LogP contribution in [0, 0.1) is 17.6 Å². The van der Waals surface area contributed by atoms with E-state index in [9.17, 15) is 13.6 Å². The predicted octanol–water partition coefficient (Wildman–Crippen LogP) is 4.22. The Bertz CT molecular complexity index is 860. The molecule has 1 aliphatic heterocycles. The summed E-state index contributed by atoms with van der Waals surface area (Å²) in [4.78, 5) is 12.2. The summed E-state index contributed by atoms with van der Waals surface area (Å²) in [7, 11) is 0. The lowest BCUT2D eigenvalue weighted by Gasteiger charge is -2.26. The highest BCUT2D eigenvalue weighted by molar-refractivity contribution is 6.06. The van der Waals surface area contributed by atoms with Crippen molar-refractivity contribution in [1.29, 1.82) is 0 Å². The summed E-state index contributed by atoms with van der Waals surface area (Å²) in [5.74, 6) is -0.808. The maximum absolute atomic E-state index is 13.8. The first-order valence-electron chi connectivity index (χ1n) is 8.47. The van der Waals surface area contributed by atoms with Gasteiger partial charge in [0.15, 0.2) is 0 Å². The number of hydrazone groups is 1. The van der Waals surface area contributed by atoms with Crippen molar-refractivity contribution in [1.82, 2.24) is 5.01 Å². The molecule has 4 rings (SSSR count). The molecule has 2 aromatic rings. The Morgan fingerprint density at radius 3 is 2.56 bits per heavy atom. The molecule has 0 unspecified atom stereocenters. The molecule has 0 bridgehead atoms. The Kier molecular flexibility index (Phi) is 3.86. The van der Waals surface area contributed by atoms with E-state index >= 15 is 0 Å². The highest BCUT2D eigenvalue weighted by atomic mass is 19.1. The summed E-state index contributed by atoms with van der Waals surface area (Å²) in [5.41, 5.74) is 3.46. The van der Waals surface area contributed by atoms with Crippen molar-refractivity contribution in [2.75, 3.05) is 0 Å². The van der Waals surface area contributed by atoms with Crippen LogP contribution in [-0.2, 0) is 11.2 Å². The molecule has 5 heteroatoms. The van der Waals surface area contributed by atoms with Crippen LogP contribution in [0.4, 0.5) is 8.78 Å². The topological polar surface area (TPSA) is 32.7 Å². The van der Waals surface area contributed by atoms with Crippen LogP contribution in [0.25, 0.3) is 0 Å². The first-order valence-corrected chi connectivity index (χ1v) is 8.47. The number of amides is 1. The van der Waals surface area contributed by atoms with Crippen molar-refractivity contribution >= 4 is 11.6 Å². The lowest BCUT2D eigenvalue weighted by molar-refractivity contribution is -0.131. The van der Waals surface area contributed by atoms with Gasteiger partial charge in [-0.05, 0) is 54.7 Å². The number of hydrogen-bond acceptors (Lipinski definition) is 2. The maximum atomic E-state index is 13.8. The van der Waals surface area contributed by atoms with Crippen LogP contribution < -0.4 is 0 Å². The van der Waals surface area contributed by atoms with Gasteiger partial charge in [0.1, 0.15) is 11.6 Å². The van der Waals surface area contributed by atoms with Crippen LogP contribution in [0.5, 0.6) is 0 Å². The van der Waals surface area contributed by atoms with Gasteiger partial charge < -0.3 is 0 Å². The SMILES string of the molecule is CC(=O)N1N=C2c3cc(F)ccc3CCC[C@H]2[C@@H]1c1ccc(F)cc1. The van der Waals surface area contributed by atoms with Crippen LogP contribution >= 0.6 is 0 Å². The Morgan fingerprint density at radius 2 is 1.84 bits per heavy atom. The number of halogens is 2. The highest BCUT2D eigenvalue weighted by Crippen LogP contribution is 2.42. The largest absolute Gasteiger partial charge is 0.273 e. The number of rotatable bonds is 1. The van der Waals surface area contributed by atoms with Gasteiger partial charge in [-0.25, -0.2) is 13.8 Å². The first-order chi connectivity index (χ1) is 12.0. The molecule has 3 nitrogen and oxygen atoms in total. The fourth-order valence-electron chi connectivity index (χ4n) is 3.94. The lowest BCUT2D eigenvalue weighted by atomic mass is 9.85. The van der Waals surface area contributed by atoms with Gasteiger partial charge in [-0.1, -0.05) is 18.2 Å². The normalized spacial score (nSPS) is 22.0. The molecule has 0 fully saturated rings. The van der Waals surface area contributed by atoms with E-state index in [1.165, 1.54) is 36.2 Å². The quantitative estimate of drug-likeness (QED) is 0.765. The number of aryl methyl sites for hydroxylation is 1. The van der Waals surface area contributed by atoms with Gasteiger partial charge in [-0.3, -0.25) is 4.79 Å². The minimum Gasteiger partial charge on any atom is -0.273 e. The molecule has 0 aromatic heterocycles. The molecule has 0 N–H and O–H groups in total. The number of carbonyl (C=O) groups excluding carboxylic acids is 1. The molecule has 2 aliphatic rings. The maximum Gasteiger partial charge on any atom is 0.240 e. The standard InChI is InChI=1S/C20H18F2N2O/c1-12(25)24-20(14-6-8-15(21)9-7-14)17-4-2-3-13-5-10-16(22)11-18(13)19(17)23-24/h5-11,17,20H,2-4H2,1H3/t17-,20+/m1/s1. The molecular weight excluding hydrogens is 322 g/mol. The van der Waals surface area contributed by atoms with Crippen LogP contribution in [0.2, 0.25) is 0 Å². The summed E-state index contributed by atoms with van der Waals surface area (Å²) in [5, 5.41) is 6.04. The number of fused-ring (bicyclic) bond motifs is 3. The highest BCUT2D eigenvalue weighted by Gasteiger charge is 2.42. The van der Waals surface area contributed by atoms with E-state index in [0.29, 0.717) is 0 Å². The van der Waals surface area contributed by atoms with Gasteiger partial charge in [-0.2, -0.15) is 5.10 Å². The minimum atomic E-state index is -0.314. The van der Waals surface area contributed by atoms with Gasteiger partial charge in [0.05, 0.1) is 11.8 Å². The number of nitrogens with zero attached hydrogens (tertiary/aromatic N) is 2. The average molecular weight is 340 g/mol. The molecule has 0 saturated carbocycles. The molecule has 1 amide bonds. The zero-order valence-electron chi connectivity index (χ0n) is 13.9. The van der Waals surface area contributed by atoms with E-state index in [4.69, 9.17) is 0 Å². The molecule has 2 atom stereocenters. The first kappa shape index (κ1) is 15.9. The van der Waals surface area contributed by atoms with Crippen LogP contribution in [0.1, 0.15) is 42.5 Å². The molecule has 2 aromatic carbocycles. The summed E-state index contributed by atoms with van der Waals surface area (Å²) >= 11 is 0. The fourth-order valence-corrected chi connectivity index (χ4v) is 3.94. The molecular formula is C20H18F2N2O. The molecule has 0 radical (unpaired) electrons. The second-order valence-corrected chi connectivity index (χ2v) is 6.65. The zero-order valence-corrected chi connectivity index (χ0v) is 13.9. The van der Waals surface area contributed by atoms with E-state index in [1.807, 2.05) is 0 Å². The average Bonchev–Trinajstić information content (AvgIpc) is 2.88. The van der Waals surface area contributed by atoms with Gasteiger partial charge in [-0.15, -0.1) is 0 Å². The number of hydrogen-bond donors (Lipinski definition) is 0. The van der Waals surface area contributed by atoms with Crippen LogP contribution in [0.3, 0.4) is 0 Å². The fraction of sp³-hybridized carbons (Fsp3) is 0.300. The van der Waals surface area contributed by atoms with E-state index in [1.54, 1.807) is 18.2 Å². The Hall–Kier alpha value is -2.56. The second-order valence-electron chi connectivity index (χ2n) is 6.65. The lowest BCUT2D eigenvalue weighted by Crippen LogP contribution is -2.29. The third-order valence-electron chi connectivity index (χ3n) is 5.05. The molecule has 1 aliphatic carbocycles. The summed E-state index contributed by atoms with van der Waals surface area (Å²) in [6, 6.07) is 10.7. The molecule has 1 heterocycles. The second kappa shape index (κ2) is 6.06. The monoisotopic (exact) mass is 340 g/mol. The molecule has 128 valence electrons. The molecule has 25 heavy (non-hydrogen) atoms. The number of carbonyl (C=O) groups is 1. The van der Waals surface area contributed by atoms with E-state index in [2.05, 4.69) is 5.10 Å². The minimum absolute atomic E-state index is 0.0163. The van der Waals surface area contributed by atoms with Crippen molar-refractivity contribution in [2.24, 2.45) is 11.0 Å². The van der Waals surface area contributed by atoms with E-state index in [0.717, 1.165) is 41.7 Å². The third kappa shape index (κ3) is 2.73. The van der Waals surface area contributed by atoms with Crippen LogP contribution in [-0.4, -0.2) is 16.6 Å². The zero-order chi connectivity index (χ0) is 17.6. The van der Waals surface area contributed by atoms with Crippen molar-refractivity contribution in [3.05, 3.63) is 70.8 Å². The van der Waals surface area contributed by atoms with Gasteiger partial charge in [0, 0.05) is 18.4 Å². The molecule has 0 saturated heterocycles. The summed E-state index contributed by atoms with van der Waals surface area (Å²) < 4.78 is 27.1. The summed E-state index contributed by atoms with van der Waals surface area (Å²) in [6.07, 6.45) is 2.65. The number of benzene rings is 2. The van der Waals surface area contributed by atoms with Crippen molar-refractivity contribution in [3.63, 3.8) is 0 Å². The van der Waals surface area contributed by atoms with Crippen molar-refractivity contribution < 1.29 is 13.6 Å². The Morgan fingerprint density at radius 1 is 1.12 bits per heavy atom. The van der Waals surface area contributed by atoms with Crippen LogP contribution in [0.15, 0.2) is 47.6 Å². The summed E-state index contributed by atoms with van der Waals surface area (Å²) in [6.45, 7) is 1.47. The van der Waals surface area contributed by atoms with Gasteiger partial charge in [0.25, 0.3) is 0 Å². The smallest absolute Gasteiger partial charge is 0.240 e. The van der Waals surface area contributed by atoms with Gasteiger partial charge >= 0.3 is 0 Å². The predicted molar refractivity (Wildman–Crippen MR) is 91.0 cm³/mol. The Labute approximate surface area is 145 Å². The van der Waals surface area contributed by atoms with E-state index < -0.39 is 0 Å².